The Labute approximate surface area is 159 Å². The topological polar surface area (TPSA) is 63.5 Å². The number of non-ortho nitro benzene ring substituents is 1. The number of nitrogens with zero attached hydrogens (tertiary/aromatic N) is 2. The van der Waals surface area contributed by atoms with Crippen molar-refractivity contribution in [2.24, 2.45) is 11.8 Å². The molecule has 0 N–H and O–H groups in total. The van der Waals surface area contributed by atoms with Gasteiger partial charge in [0.05, 0.1) is 4.92 Å². The molecule has 1 aliphatic carbocycles. The molecule has 0 amide bonds. The van der Waals surface area contributed by atoms with E-state index in [2.05, 4.69) is 11.0 Å². The molecule has 0 spiro atoms. The number of ketones is 1. The monoisotopic (exact) mass is 364 g/mol. The molecule has 0 saturated carbocycles. The molecule has 4 rings (SSSR count). The van der Waals surface area contributed by atoms with Crippen molar-refractivity contribution in [1.29, 1.82) is 0 Å². The Morgan fingerprint density at radius 3 is 2.41 bits per heavy atom. The van der Waals surface area contributed by atoms with E-state index in [0.717, 1.165) is 56.4 Å². The first-order valence-electron chi connectivity index (χ1n) is 9.69. The van der Waals surface area contributed by atoms with Crippen molar-refractivity contribution in [2.75, 3.05) is 19.6 Å². The number of fused-ring (bicyclic) bond motifs is 1. The van der Waals surface area contributed by atoms with E-state index in [1.807, 2.05) is 30.3 Å². The molecule has 2 aromatic rings. The number of carbonyl (C=O) groups is 1. The number of Topliss-reactive ketones (excluding diaryl/α,β-unsaturated/α-hetero) is 1. The van der Waals surface area contributed by atoms with Crippen molar-refractivity contribution in [2.45, 2.75) is 25.7 Å². The van der Waals surface area contributed by atoms with Gasteiger partial charge in [-0.15, -0.1) is 0 Å². The lowest BCUT2D eigenvalue weighted by Gasteiger charge is -2.34. The highest BCUT2D eigenvalue weighted by Crippen LogP contribution is 2.36. The predicted octanol–water partition coefficient (Wildman–Crippen LogP) is 3.90. The molecule has 1 heterocycles. The number of piperidine rings is 1. The van der Waals surface area contributed by atoms with Crippen LogP contribution in [-0.4, -0.2) is 35.2 Å². The fourth-order valence-corrected chi connectivity index (χ4v) is 4.50. The molecule has 5 heteroatoms. The zero-order valence-electron chi connectivity index (χ0n) is 15.3. The summed E-state index contributed by atoms with van der Waals surface area (Å²) >= 11 is 0. The summed E-state index contributed by atoms with van der Waals surface area (Å²) in [5.41, 5.74) is 3.42. The van der Waals surface area contributed by atoms with Crippen molar-refractivity contribution in [1.82, 2.24) is 4.90 Å². The molecule has 5 nitrogen and oxygen atoms in total. The Kier molecular flexibility index (Phi) is 5.03. The molecule has 2 aliphatic rings. The van der Waals surface area contributed by atoms with Gasteiger partial charge < -0.3 is 4.90 Å². The maximum absolute atomic E-state index is 12.7. The molecule has 1 aliphatic heterocycles. The minimum atomic E-state index is -0.364. The van der Waals surface area contributed by atoms with Gasteiger partial charge in [0.15, 0.2) is 5.78 Å². The van der Waals surface area contributed by atoms with Crippen LogP contribution in [0.5, 0.6) is 0 Å². The van der Waals surface area contributed by atoms with Crippen LogP contribution >= 0.6 is 0 Å². The minimum Gasteiger partial charge on any atom is -0.303 e. The molecular formula is C22H24N2O3. The summed E-state index contributed by atoms with van der Waals surface area (Å²) in [6, 6.07) is 14.9. The van der Waals surface area contributed by atoms with Gasteiger partial charge in [-0.3, -0.25) is 14.9 Å². The molecule has 0 radical (unpaired) electrons. The Balaban J connectivity index is 1.27. The first-order chi connectivity index (χ1) is 13.1. The average Bonchev–Trinajstić information content (AvgIpc) is 3.04. The highest BCUT2D eigenvalue weighted by molar-refractivity contribution is 6.02. The van der Waals surface area contributed by atoms with Crippen molar-refractivity contribution in [3.63, 3.8) is 0 Å². The lowest BCUT2D eigenvalue weighted by molar-refractivity contribution is -0.384. The number of nitro benzene ring substituents is 1. The zero-order chi connectivity index (χ0) is 18.8. The van der Waals surface area contributed by atoms with E-state index in [4.69, 9.17) is 0 Å². The van der Waals surface area contributed by atoms with Gasteiger partial charge in [-0.25, -0.2) is 0 Å². The molecule has 27 heavy (non-hydrogen) atoms. The number of hydrogen-bond donors (Lipinski definition) is 0. The van der Waals surface area contributed by atoms with Gasteiger partial charge >= 0.3 is 0 Å². The van der Waals surface area contributed by atoms with E-state index in [-0.39, 0.29) is 16.5 Å². The van der Waals surface area contributed by atoms with Crippen molar-refractivity contribution in [3.05, 3.63) is 75.3 Å². The smallest absolute Gasteiger partial charge is 0.269 e. The van der Waals surface area contributed by atoms with Crippen LogP contribution < -0.4 is 0 Å². The number of rotatable bonds is 5. The van der Waals surface area contributed by atoms with E-state index in [1.54, 1.807) is 12.1 Å². The second kappa shape index (κ2) is 7.61. The first kappa shape index (κ1) is 17.9. The quantitative estimate of drug-likeness (QED) is 0.596. The summed E-state index contributed by atoms with van der Waals surface area (Å²) in [6.45, 7) is 3.01. The molecule has 0 bridgehead atoms. The van der Waals surface area contributed by atoms with Crippen LogP contribution in [0.2, 0.25) is 0 Å². The largest absolute Gasteiger partial charge is 0.303 e. The highest BCUT2D eigenvalue weighted by atomic mass is 16.6. The number of likely N-dealkylation sites (tertiary alicyclic amines) is 1. The summed E-state index contributed by atoms with van der Waals surface area (Å²) < 4.78 is 0. The number of hydrogen-bond acceptors (Lipinski definition) is 4. The molecule has 1 fully saturated rings. The van der Waals surface area contributed by atoms with E-state index in [0.29, 0.717) is 11.7 Å². The standard InChI is InChI=1S/C22H24N2O3/c25-22-20-4-2-1-3-18(20)15-21(22)17-10-13-23(14-11-17)12-9-16-5-7-19(8-6-16)24(26)27/h1-8,17,21H,9-15H2. The van der Waals surface area contributed by atoms with Gasteiger partial charge in [0.1, 0.15) is 0 Å². The highest BCUT2D eigenvalue weighted by Gasteiger charge is 2.37. The van der Waals surface area contributed by atoms with Crippen molar-refractivity contribution in [3.8, 4) is 0 Å². The van der Waals surface area contributed by atoms with E-state index in [9.17, 15) is 14.9 Å². The molecule has 2 aromatic carbocycles. The summed E-state index contributed by atoms with van der Waals surface area (Å²) in [4.78, 5) is 25.5. The molecule has 140 valence electrons. The van der Waals surface area contributed by atoms with E-state index < -0.39 is 0 Å². The third kappa shape index (κ3) is 3.78. The second-order valence-corrected chi connectivity index (χ2v) is 7.68. The zero-order valence-corrected chi connectivity index (χ0v) is 15.3. The van der Waals surface area contributed by atoms with Crippen LogP contribution in [-0.2, 0) is 12.8 Å². The summed E-state index contributed by atoms with van der Waals surface area (Å²) in [5.74, 6) is 0.995. The van der Waals surface area contributed by atoms with Gasteiger partial charge in [0.25, 0.3) is 5.69 Å². The molecule has 1 unspecified atom stereocenters. The van der Waals surface area contributed by atoms with Crippen molar-refractivity contribution < 1.29 is 9.72 Å². The molecule has 1 atom stereocenters. The number of nitro groups is 1. The maximum atomic E-state index is 12.7. The Morgan fingerprint density at radius 1 is 1.04 bits per heavy atom. The Hall–Kier alpha value is -2.53. The maximum Gasteiger partial charge on any atom is 0.269 e. The third-order valence-electron chi connectivity index (χ3n) is 6.12. The lowest BCUT2D eigenvalue weighted by Crippen LogP contribution is -2.38. The molecular weight excluding hydrogens is 340 g/mol. The second-order valence-electron chi connectivity index (χ2n) is 7.68. The van der Waals surface area contributed by atoms with E-state index in [1.165, 1.54) is 5.56 Å². The van der Waals surface area contributed by atoms with E-state index >= 15 is 0 Å². The van der Waals surface area contributed by atoms with Gasteiger partial charge in [0, 0.05) is 30.2 Å². The van der Waals surface area contributed by atoms with Gasteiger partial charge in [-0.05, 0) is 55.8 Å². The van der Waals surface area contributed by atoms with Crippen LogP contribution in [0.25, 0.3) is 0 Å². The van der Waals surface area contributed by atoms with Crippen LogP contribution in [0.4, 0.5) is 5.69 Å². The summed E-state index contributed by atoms with van der Waals surface area (Å²) in [6.07, 6.45) is 3.95. The van der Waals surface area contributed by atoms with Crippen LogP contribution in [0.15, 0.2) is 48.5 Å². The normalized spacial score (nSPS) is 20.6. The fourth-order valence-electron chi connectivity index (χ4n) is 4.50. The van der Waals surface area contributed by atoms with Crippen LogP contribution in [0.1, 0.15) is 34.3 Å². The van der Waals surface area contributed by atoms with Gasteiger partial charge in [0.2, 0.25) is 0 Å². The Morgan fingerprint density at radius 2 is 1.74 bits per heavy atom. The molecule has 1 saturated heterocycles. The lowest BCUT2D eigenvalue weighted by atomic mass is 9.82. The first-order valence-corrected chi connectivity index (χ1v) is 9.69. The van der Waals surface area contributed by atoms with Crippen LogP contribution in [0, 0.1) is 22.0 Å². The number of carbonyl (C=O) groups excluding carboxylic acids is 1. The van der Waals surface area contributed by atoms with Gasteiger partial charge in [-0.2, -0.15) is 0 Å². The number of benzene rings is 2. The molecule has 0 aromatic heterocycles. The van der Waals surface area contributed by atoms with Crippen molar-refractivity contribution >= 4 is 11.5 Å². The van der Waals surface area contributed by atoms with Gasteiger partial charge in [-0.1, -0.05) is 36.4 Å². The minimum absolute atomic E-state index is 0.141. The SMILES string of the molecule is O=C1c2ccccc2CC1C1CCN(CCc2ccc([N+](=O)[O-])cc2)CC1. The van der Waals surface area contributed by atoms with Crippen LogP contribution in [0.3, 0.4) is 0 Å². The average molecular weight is 364 g/mol. The fraction of sp³-hybridized carbons (Fsp3) is 0.409. The summed E-state index contributed by atoms with van der Waals surface area (Å²) in [5, 5.41) is 10.7. The third-order valence-corrected chi connectivity index (χ3v) is 6.12. The summed E-state index contributed by atoms with van der Waals surface area (Å²) in [7, 11) is 0. The predicted molar refractivity (Wildman–Crippen MR) is 104 cm³/mol. The Bertz CT molecular complexity index is 839.